The first kappa shape index (κ1) is 11.5. The smallest absolute Gasteiger partial charge is 0.312 e. The van der Waals surface area contributed by atoms with Crippen LogP contribution in [0.4, 0.5) is 0 Å². The molecule has 2 fully saturated rings. The molecule has 3 rings (SSSR count). The number of ether oxygens (including phenoxy) is 2. The third kappa shape index (κ3) is 1.45. The highest BCUT2D eigenvalue weighted by molar-refractivity contribution is 5.75. The molecule has 3 heterocycles. The zero-order valence-electron chi connectivity index (χ0n) is 10.4. The summed E-state index contributed by atoms with van der Waals surface area (Å²) in [5.41, 5.74) is 0.186. The van der Waals surface area contributed by atoms with E-state index in [1.54, 1.807) is 6.92 Å². The Morgan fingerprint density at radius 1 is 1.78 bits per heavy atom. The maximum atomic E-state index is 12.0. The molecule has 96 valence electrons. The van der Waals surface area contributed by atoms with E-state index >= 15 is 0 Å². The molecule has 0 aromatic carbocycles. The summed E-state index contributed by atoms with van der Waals surface area (Å²) in [5.74, 6) is -0.576. The van der Waals surface area contributed by atoms with Crippen LogP contribution in [-0.4, -0.2) is 35.8 Å². The molecule has 3 atom stereocenters. The summed E-state index contributed by atoms with van der Waals surface area (Å²) in [6, 6.07) is 2.15. The number of hydrogen-bond donors (Lipinski definition) is 0. The SMILES string of the molecule is CCOC(=O)[C@H]1C[C@]23CCCN2C=C(C#N)[C@H]1O3. The summed E-state index contributed by atoms with van der Waals surface area (Å²) in [6.07, 6.45) is 4.06. The molecular weight excluding hydrogens is 232 g/mol. The molecule has 2 bridgehead atoms. The van der Waals surface area contributed by atoms with Crippen molar-refractivity contribution in [1.29, 1.82) is 5.26 Å². The van der Waals surface area contributed by atoms with Gasteiger partial charge >= 0.3 is 5.97 Å². The van der Waals surface area contributed by atoms with E-state index in [9.17, 15) is 10.1 Å². The number of esters is 1. The number of carbonyl (C=O) groups is 1. The van der Waals surface area contributed by atoms with Gasteiger partial charge in [0.1, 0.15) is 11.8 Å². The summed E-state index contributed by atoms with van der Waals surface area (Å²) >= 11 is 0. The molecule has 0 aromatic rings. The lowest BCUT2D eigenvalue weighted by Gasteiger charge is -2.37. The Morgan fingerprint density at radius 2 is 2.61 bits per heavy atom. The van der Waals surface area contributed by atoms with Gasteiger partial charge < -0.3 is 14.4 Å². The molecule has 0 saturated carbocycles. The zero-order chi connectivity index (χ0) is 12.8. The largest absolute Gasteiger partial charge is 0.466 e. The molecule has 0 radical (unpaired) electrons. The highest BCUT2D eigenvalue weighted by atomic mass is 16.6. The molecule has 0 amide bonds. The highest BCUT2D eigenvalue weighted by Gasteiger charge is 2.58. The molecule has 3 aliphatic heterocycles. The minimum absolute atomic E-state index is 0.241. The third-order valence-corrected chi connectivity index (χ3v) is 4.06. The molecule has 0 aliphatic carbocycles. The maximum Gasteiger partial charge on any atom is 0.312 e. The zero-order valence-corrected chi connectivity index (χ0v) is 10.4. The first-order chi connectivity index (χ1) is 8.70. The van der Waals surface area contributed by atoms with Crippen molar-refractivity contribution < 1.29 is 14.3 Å². The average molecular weight is 248 g/mol. The van der Waals surface area contributed by atoms with Gasteiger partial charge in [-0.15, -0.1) is 0 Å². The van der Waals surface area contributed by atoms with E-state index in [4.69, 9.17) is 9.47 Å². The lowest BCUT2D eigenvalue weighted by atomic mass is 9.94. The molecule has 5 heteroatoms. The van der Waals surface area contributed by atoms with Crippen molar-refractivity contribution in [3.63, 3.8) is 0 Å². The van der Waals surface area contributed by atoms with Gasteiger partial charge in [-0.25, -0.2) is 0 Å². The van der Waals surface area contributed by atoms with Gasteiger partial charge in [-0.05, 0) is 19.8 Å². The van der Waals surface area contributed by atoms with Crippen molar-refractivity contribution >= 4 is 5.97 Å². The fourth-order valence-corrected chi connectivity index (χ4v) is 3.29. The topological polar surface area (TPSA) is 62.6 Å². The third-order valence-electron chi connectivity index (χ3n) is 4.06. The second kappa shape index (κ2) is 3.99. The van der Waals surface area contributed by atoms with Gasteiger partial charge in [0.2, 0.25) is 0 Å². The van der Waals surface area contributed by atoms with Gasteiger partial charge in [0.15, 0.2) is 0 Å². The lowest BCUT2D eigenvalue weighted by Crippen LogP contribution is -2.43. The van der Waals surface area contributed by atoms with Crippen molar-refractivity contribution in [2.45, 2.75) is 38.0 Å². The summed E-state index contributed by atoms with van der Waals surface area (Å²) in [6.45, 7) is 3.05. The van der Waals surface area contributed by atoms with Crippen LogP contribution in [0.2, 0.25) is 0 Å². The molecule has 0 N–H and O–H groups in total. The Balaban J connectivity index is 1.92. The standard InChI is InChI=1S/C13H16N2O3/c1-2-17-12(16)10-6-13-4-3-5-15(13)8-9(7-14)11(10)18-13/h8,10-11H,2-6H2,1H3/t10-,11+,13+/m0/s1. The van der Waals surface area contributed by atoms with Gasteiger partial charge in [0.25, 0.3) is 0 Å². The van der Waals surface area contributed by atoms with Crippen LogP contribution in [0.3, 0.4) is 0 Å². The molecule has 0 aromatic heterocycles. The maximum absolute atomic E-state index is 12.0. The molecule has 3 aliphatic rings. The van der Waals surface area contributed by atoms with E-state index in [-0.39, 0.29) is 17.6 Å². The van der Waals surface area contributed by atoms with Crippen LogP contribution < -0.4 is 0 Å². The summed E-state index contributed by atoms with van der Waals surface area (Å²) < 4.78 is 11.1. The van der Waals surface area contributed by atoms with Gasteiger partial charge in [0, 0.05) is 19.2 Å². The number of rotatable bonds is 2. The van der Waals surface area contributed by atoms with E-state index in [2.05, 4.69) is 11.0 Å². The Hall–Kier alpha value is -1.54. The van der Waals surface area contributed by atoms with Crippen LogP contribution in [0.5, 0.6) is 0 Å². The minimum Gasteiger partial charge on any atom is -0.466 e. The van der Waals surface area contributed by atoms with E-state index < -0.39 is 6.10 Å². The second-order valence-corrected chi connectivity index (χ2v) is 5.04. The Kier molecular flexibility index (Phi) is 2.56. The number of fused-ring (bicyclic) bond motifs is 1. The first-order valence-electron chi connectivity index (χ1n) is 6.43. The van der Waals surface area contributed by atoms with E-state index in [1.807, 2.05) is 6.20 Å². The van der Waals surface area contributed by atoms with Crippen LogP contribution in [0.15, 0.2) is 11.8 Å². The number of carbonyl (C=O) groups excluding carboxylic acids is 1. The molecule has 18 heavy (non-hydrogen) atoms. The van der Waals surface area contributed by atoms with Crippen LogP contribution >= 0.6 is 0 Å². The van der Waals surface area contributed by atoms with Crippen LogP contribution in [0, 0.1) is 17.2 Å². The van der Waals surface area contributed by atoms with Crippen LogP contribution in [-0.2, 0) is 14.3 Å². The van der Waals surface area contributed by atoms with E-state index in [0.29, 0.717) is 18.6 Å². The predicted octanol–water partition coefficient (Wildman–Crippen LogP) is 1.17. The Morgan fingerprint density at radius 3 is 3.33 bits per heavy atom. The minimum atomic E-state index is -0.414. The number of nitriles is 1. The molecule has 2 saturated heterocycles. The fourth-order valence-electron chi connectivity index (χ4n) is 3.29. The number of hydrogen-bond acceptors (Lipinski definition) is 5. The van der Waals surface area contributed by atoms with Crippen molar-refractivity contribution in [3.8, 4) is 6.07 Å². The monoisotopic (exact) mass is 248 g/mol. The van der Waals surface area contributed by atoms with Gasteiger partial charge in [-0.2, -0.15) is 5.26 Å². The summed E-state index contributed by atoms with van der Waals surface area (Å²) in [4.78, 5) is 14.1. The first-order valence-corrected chi connectivity index (χ1v) is 6.43. The van der Waals surface area contributed by atoms with Gasteiger partial charge in [-0.3, -0.25) is 4.79 Å². The van der Waals surface area contributed by atoms with Crippen LogP contribution in [0.1, 0.15) is 26.2 Å². The molecule has 1 spiro atoms. The molecule has 0 unspecified atom stereocenters. The van der Waals surface area contributed by atoms with Crippen molar-refractivity contribution in [2.75, 3.05) is 13.2 Å². The predicted molar refractivity (Wildman–Crippen MR) is 62.0 cm³/mol. The fraction of sp³-hybridized carbons (Fsp3) is 0.692. The summed E-state index contributed by atoms with van der Waals surface area (Å²) in [5, 5.41) is 9.18. The quantitative estimate of drug-likeness (QED) is 0.686. The van der Waals surface area contributed by atoms with Gasteiger partial charge in [-0.1, -0.05) is 0 Å². The number of nitrogens with zero attached hydrogens (tertiary/aromatic N) is 2. The highest BCUT2D eigenvalue weighted by Crippen LogP contribution is 2.49. The Bertz CT molecular complexity index is 454. The van der Waals surface area contributed by atoms with Crippen LogP contribution in [0.25, 0.3) is 0 Å². The van der Waals surface area contributed by atoms with Crippen molar-refractivity contribution in [3.05, 3.63) is 11.8 Å². The van der Waals surface area contributed by atoms with E-state index in [1.165, 1.54) is 0 Å². The average Bonchev–Trinajstić information content (AvgIpc) is 2.92. The van der Waals surface area contributed by atoms with E-state index in [0.717, 1.165) is 19.4 Å². The second-order valence-electron chi connectivity index (χ2n) is 5.04. The Labute approximate surface area is 106 Å². The summed E-state index contributed by atoms with van der Waals surface area (Å²) in [7, 11) is 0. The molecule has 5 nitrogen and oxygen atoms in total. The van der Waals surface area contributed by atoms with Crippen molar-refractivity contribution in [2.24, 2.45) is 5.92 Å². The molecular formula is C13H16N2O3. The van der Waals surface area contributed by atoms with Crippen molar-refractivity contribution in [1.82, 2.24) is 4.90 Å². The van der Waals surface area contributed by atoms with Gasteiger partial charge in [0.05, 0.1) is 24.2 Å². The normalized spacial score (nSPS) is 36.9. The lowest BCUT2D eigenvalue weighted by molar-refractivity contribution is -0.149.